The maximum absolute atomic E-state index is 13.3. The van der Waals surface area contributed by atoms with Crippen LogP contribution in [0, 0.1) is 5.92 Å². The van der Waals surface area contributed by atoms with Crippen molar-refractivity contribution in [2.45, 2.75) is 68.0 Å². The zero-order valence-electron chi connectivity index (χ0n) is 17.9. The van der Waals surface area contributed by atoms with Gasteiger partial charge in [-0.15, -0.1) is 0 Å². The van der Waals surface area contributed by atoms with E-state index in [0.29, 0.717) is 12.5 Å². The fraction of sp³-hybridized carbons (Fsp3) is 0.708. The highest BCUT2D eigenvalue weighted by atomic mass is 16.3. The molecule has 1 saturated heterocycles. The van der Waals surface area contributed by atoms with Gasteiger partial charge in [0.15, 0.2) is 0 Å². The predicted molar refractivity (Wildman–Crippen MR) is 114 cm³/mol. The number of nitrogens with zero attached hydrogens (tertiary/aromatic N) is 3. The first-order chi connectivity index (χ1) is 13.9. The molecule has 0 radical (unpaired) electrons. The summed E-state index contributed by atoms with van der Waals surface area (Å²) in [7, 11) is 4.39. The van der Waals surface area contributed by atoms with Gasteiger partial charge in [-0.3, -0.25) is 4.90 Å². The summed E-state index contributed by atoms with van der Waals surface area (Å²) >= 11 is 0. The predicted octanol–water partition coefficient (Wildman–Crippen LogP) is 3.43. The van der Waals surface area contributed by atoms with Gasteiger partial charge < -0.3 is 14.9 Å². The van der Waals surface area contributed by atoms with Crippen LogP contribution in [0.15, 0.2) is 30.3 Å². The Hall–Kier alpha value is -1.59. The standard InChI is InChI=1S/C24H35N3O2/c1-25(2)24(20-6-4-3-5-7-20)14-10-22(11-15-24)17-26(18-23(29)12-13-23)21(28)27(22)16-19-8-9-19/h3-7,19,29H,8-18H2,1-2H3/t22-,24+. The average molecular weight is 398 g/mol. The van der Waals surface area contributed by atoms with Crippen LogP contribution in [0.5, 0.6) is 0 Å². The van der Waals surface area contributed by atoms with Crippen LogP contribution < -0.4 is 0 Å². The van der Waals surface area contributed by atoms with Crippen LogP contribution in [0.4, 0.5) is 4.79 Å². The van der Waals surface area contributed by atoms with Gasteiger partial charge in [0.05, 0.1) is 17.7 Å². The van der Waals surface area contributed by atoms with Crippen molar-refractivity contribution in [3.05, 3.63) is 35.9 Å². The summed E-state index contributed by atoms with van der Waals surface area (Å²) in [6, 6.07) is 11.1. The van der Waals surface area contributed by atoms with Crippen molar-refractivity contribution in [1.29, 1.82) is 0 Å². The Kier molecular flexibility index (Phi) is 4.48. The molecule has 3 aliphatic carbocycles. The highest BCUT2D eigenvalue weighted by Gasteiger charge is 2.57. The second-order valence-corrected chi connectivity index (χ2v) is 10.4. The molecule has 0 bridgehead atoms. The largest absolute Gasteiger partial charge is 0.388 e. The molecule has 1 aliphatic heterocycles. The van der Waals surface area contributed by atoms with Gasteiger partial charge in [-0.2, -0.15) is 0 Å². The lowest BCUT2D eigenvalue weighted by atomic mass is 9.68. The Balaban J connectivity index is 1.39. The number of rotatable bonds is 6. The first-order valence-electron chi connectivity index (χ1n) is 11.4. The van der Waals surface area contributed by atoms with Crippen molar-refractivity contribution in [2.75, 3.05) is 33.7 Å². The molecule has 5 nitrogen and oxygen atoms in total. The minimum absolute atomic E-state index is 0.0446. The normalized spacial score (nSPS) is 33.7. The Morgan fingerprint density at radius 1 is 1.03 bits per heavy atom. The van der Waals surface area contributed by atoms with Crippen LogP contribution in [-0.2, 0) is 5.54 Å². The van der Waals surface area contributed by atoms with E-state index in [9.17, 15) is 9.90 Å². The van der Waals surface area contributed by atoms with Crippen LogP contribution >= 0.6 is 0 Å². The van der Waals surface area contributed by atoms with Crippen LogP contribution in [0.25, 0.3) is 0 Å². The summed E-state index contributed by atoms with van der Waals surface area (Å²) in [6.45, 7) is 2.22. The highest BCUT2D eigenvalue weighted by molar-refractivity contribution is 5.78. The van der Waals surface area contributed by atoms with Crippen molar-refractivity contribution >= 4 is 6.03 Å². The Morgan fingerprint density at radius 2 is 1.69 bits per heavy atom. The average Bonchev–Trinajstić information content (AvgIpc) is 3.64. The lowest BCUT2D eigenvalue weighted by Gasteiger charge is -2.51. The van der Waals surface area contributed by atoms with Gasteiger partial charge in [-0.25, -0.2) is 4.79 Å². The fourth-order valence-corrected chi connectivity index (χ4v) is 5.79. The maximum atomic E-state index is 13.3. The molecule has 0 unspecified atom stereocenters. The van der Waals surface area contributed by atoms with Crippen molar-refractivity contribution in [3.8, 4) is 0 Å². The second-order valence-electron chi connectivity index (χ2n) is 10.4. The molecule has 1 aromatic carbocycles. The second kappa shape index (κ2) is 6.71. The summed E-state index contributed by atoms with van der Waals surface area (Å²) in [5.41, 5.74) is 0.766. The van der Waals surface area contributed by atoms with E-state index in [2.05, 4.69) is 54.2 Å². The zero-order chi connectivity index (χ0) is 20.3. The van der Waals surface area contributed by atoms with Gasteiger partial charge in [0.1, 0.15) is 0 Å². The van der Waals surface area contributed by atoms with Gasteiger partial charge in [0.2, 0.25) is 0 Å². The zero-order valence-corrected chi connectivity index (χ0v) is 17.9. The molecule has 4 fully saturated rings. The molecule has 29 heavy (non-hydrogen) atoms. The summed E-state index contributed by atoms with van der Waals surface area (Å²) in [6.07, 6.45) is 8.40. The number of aliphatic hydroxyl groups is 1. The highest BCUT2D eigenvalue weighted by Crippen LogP contribution is 2.50. The van der Waals surface area contributed by atoms with Crippen molar-refractivity contribution < 1.29 is 9.90 Å². The lowest BCUT2D eigenvalue weighted by molar-refractivity contribution is 0.0224. The molecule has 158 valence electrons. The third-order valence-electron chi connectivity index (χ3n) is 8.18. The first kappa shape index (κ1) is 19.4. The van der Waals surface area contributed by atoms with E-state index >= 15 is 0 Å². The minimum atomic E-state index is -0.613. The molecule has 4 aliphatic rings. The summed E-state index contributed by atoms with van der Waals surface area (Å²) in [4.78, 5) is 19.9. The number of urea groups is 1. The molecule has 1 heterocycles. The first-order valence-corrected chi connectivity index (χ1v) is 11.4. The van der Waals surface area contributed by atoms with E-state index < -0.39 is 5.60 Å². The molecule has 3 saturated carbocycles. The minimum Gasteiger partial charge on any atom is -0.388 e. The number of β-amino-alcohol motifs (C(OH)–C–C–N with tert-alkyl or cyclic N) is 1. The number of hydrogen-bond donors (Lipinski definition) is 1. The van der Waals surface area contributed by atoms with Crippen molar-refractivity contribution in [1.82, 2.24) is 14.7 Å². The molecule has 5 rings (SSSR count). The van der Waals surface area contributed by atoms with Gasteiger partial charge >= 0.3 is 6.03 Å². The molecule has 0 aromatic heterocycles. The van der Waals surface area contributed by atoms with E-state index in [0.717, 1.165) is 51.6 Å². The van der Waals surface area contributed by atoms with Crippen LogP contribution in [0.2, 0.25) is 0 Å². The van der Waals surface area contributed by atoms with Gasteiger partial charge in [0, 0.05) is 18.6 Å². The number of benzene rings is 1. The fourth-order valence-electron chi connectivity index (χ4n) is 5.79. The van der Waals surface area contributed by atoms with Gasteiger partial charge in [-0.05, 0) is 76.9 Å². The number of carbonyl (C=O) groups is 1. The number of carbonyl (C=O) groups excluding carboxylic acids is 1. The quantitative estimate of drug-likeness (QED) is 0.800. The van der Waals surface area contributed by atoms with Crippen molar-refractivity contribution in [2.24, 2.45) is 5.92 Å². The summed E-state index contributed by atoms with van der Waals surface area (Å²) < 4.78 is 0. The Labute approximate surface area is 174 Å². The van der Waals surface area contributed by atoms with Crippen LogP contribution in [-0.4, -0.2) is 70.7 Å². The van der Waals surface area contributed by atoms with Gasteiger partial charge in [0.25, 0.3) is 0 Å². The molecule has 2 amide bonds. The number of amides is 2. The maximum Gasteiger partial charge on any atom is 0.320 e. The van der Waals surface area contributed by atoms with E-state index in [4.69, 9.17) is 0 Å². The van der Waals surface area contributed by atoms with Gasteiger partial charge in [-0.1, -0.05) is 30.3 Å². The topological polar surface area (TPSA) is 47.0 Å². The van der Waals surface area contributed by atoms with Crippen LogP contribution in [0.3, 0.4) is 0 Å². The lowest BCUT2D eigenvalue weighted by Crippen LogP contribution is -2.55. The number of hydrogen-bond acceptors (Lipinski definition) is 3. The third kappa shape index (κ3) is 3.36. The Bertz CT molecular complexity index is 762. The van der Waals surface area contributed by atoms with Crippen LogP contribution in [0.1, 0.15) is 56.9 Å². The van der Waals surface area contributed by atoms with E-state index in [1.54, 1.807) is 0 Å². The third-order valence-corrected chi connectivity index (χ3v) is 8.18. The summed E-state index contributed by atoms with van der Waals surface area (Å²) in [5.74, 6) is 0.689. The smallest absolute Gasteiger partial charge is 0.320 e. The van der Waals surface area contributed by atoms with E-state index in [1.807, 2.05) is 4.90 Å². The van der Waals surface area contributed by atoms with Crippen molar-refractivity contribution in [3.63, 3.8) is 0 Å². The SMILES string of the molecule is CN(C)[C@]1(c2ccccc2)CC[C@]2(CC1)CN(CC1(O)CC1)C(=O)N2CC1CC1. The van der Waals surface area contributed by atoms with E-state index in [-0.39, 0.29) is 17.1 Å². The summed E-state index contributed by atoms with van der Waals surface area (Å²) in [5, 5.41) is 10.5. The molecular formula is C24H35N3O2. The monoisotopic (exact) mass is 397 g/mol. The molecule has 1 N–H and O–H groups in total. The molecule has 1 spiro atoms. The molecule has 5 heteroatoms. The molecule has 1 aromatic rings. The molecule has 0 atom stereocenters. The van der Waals surface area contributed by atoms with E-state index in [1.165, 1.54) is 18.4 Å². The Morgan fingerprint density at radius 3 is 2.24 bits per heavy atom. The molecular weight excluding hydrogens is 362 g/mol.